The molecule has 0 bridgehead atoms. The third-order valence-electron chi connectivity index (χ3n) is 4.02. The molecule has 1 saturated carbocycles. The molecule has 0 radical (unpaired) electrons. The summed E-state index contributed by atoms with van der Waals surface area (Å²) in [6.07, 6.45) is 4.07. The summed E-state index contributed by atoms with van der Waals surface area (Å²) in [6, 6.07) is 6.31. The topological polar surface area (TPSA) is 17.8 Å². The van der Waals surface area contributed by atoms with Crippen LogP contribution in [0, 0.1) is 12.8 Å². The molecule has 1 aliphatic rings. The van der Waals surface area contributed by atoms with Crippen LogP contribution in [0.2, 0.25) is 0 Å². The number of aromatic nitrogens is 2. The van der Waals surface area contributed by atoms with E-state index in [4.69, 9.17) is 16.6 Å². The van der Waals surface area contributed by atoms with Crippen LogP contribution >= 0.6 is 11.6 Å². The number of alkyl halides is 1. The minimum Gasteiger partial charge on any atom is -0.326 e. The van der Waals surface area contributed by atoms with E-state index in [2.05, 4.69) is 29.7 Å². The number of benzene rings is 1. The molecule has 1 fully saturated rings. The molecule has 3 rings (SSSR count). The summed E-state index contributed by atoms with van der Waals surface area (Å²) in [7, 11) is 0. The average Bonchev–Trinajstić information content (AvgIpc) is 2.64. The van der Waals surface area contributed by atoms with E-state index in [9.17, 15) is 0 Å². The summed E-state index contributed by atoms with van der Waals surface area (Å²) >= 11 is 6.29. The molecule has 96 valence electrons. The van der Waals surface area contributed by atoms with Crippen molar-refractivity contribution in [2.24, 2.45) is 5.92 Å². The first kappa shape index (κ1) is 12.0. The van der Waals surface area contributed by atoms with E-state index in [0.29, 0.717) is 0 Å². The molecule has 2 nitrogen and oxygen atoms in total. The SMILES string of the molecule is Cc1cccc2nc(C(C)Cl)n(CC3CCC3)c12. The molecule has 0 saturated heterocycles. The fourth-order valence-electron chi connectivity index (χ4n) is 2.81. The van der Waals surface area contributed by atoms with Crippen LogP contribution in [-0.4, -0.2) is 9.55 Å². The molecular formula is C15H19ClN2. The fourth-order valence-corrected chi connectivity index (χ4v) is 2.97. The summed E-state index contributed by atoms with van der Waals surface area (Å²) < 4.78 is 2.35. The zero-order chi connectivity index (χ0) is 12.7. The van der Waals surface area contributed by atoms with Gasteiger partial charge in [0.1, 0.15) is 5.82 Å². The largest absolute Gasteiger partial charge is 0.326 e. The van der Waals surface area contributed by atoms with Gasteiger partial charge in [-0.15, -0.1) is 11.6 Å². The Labute approximate surface area is 113 Å². The first-order valence-corrected chi connectivity index (χ1v) is 7.20. The van der Waals surface area contributed by atoms with Gasteiger partial charge in [0.15, 0.2) is 0 Å². The zero-order valence-corrected chi connectivity index (χ0v) is 11.7. The van der Waals surface area contributed by atoms with Gasteiger partial charge in [-0.3, -0.25) is 0 Å². The normalized spacial score (nSPS) is 17.9. The molecule has 0 amide bonds. The quantitative estimate of drug-likeness (QED) is 0.748. The van der Waals surface area contributed by atoms with Crippen molar-refractivity contribution in [3.63, 3.8) is 0 Å². The van der Waals surface area contributed by atoms with Crippen LogP contribution in [-0.2, 0) is 6.54 Å². The predicted molar refractivity (Wildman–Crippen MR) is 76.1 cm³/mol. The van der Waals surface area contributed by atoms with E-state index < -0.39 is 0 Å². The summed E-state index contributed by atoms with van der Waals surface area (Å²) in [5.41, 5.74) is 3.65. The van der Waals surface area contributed by atoms with Gasteiger partial charge in [0, 0.05) is 6.54 Å². The minimum atomic E-state index is -0.0307. The molecule has 0 N–H and O–H groups in total. The van der Waals surface area contributed by atoms with Gasteiger partial charge in [-0.1, -0.05) is 18.6 Å². The second-order valence-corrected chi connectivity index (χ2v) is 6.09. The summed E-state index contributed by atoms with van der Waals surface area (Å²) in [5, 5.41) is -0.0307. The van der Waals surface area contributed by atoms with Crippen molar-refractivity contribution in [1.29, 1.82) is 0 Å². The van der Waals surface area contributed by atoms with Crippen LogP contribution in [0.1, 0.15) is 43.0 Å². The number of halogens is 1. The van der Waals surface area contributed by atoms with Gasteiger partial charge in [-0.2, -0.15) is 0 Å². The maximum absolute atomic E-state index is 6.29. The number of hydrogen-bond donors (Lipinski definition) is 0. The highest BCUT2D eigenvalue weighted by Crippen LogP contribution is 2.33. The lowest BCUT2D eigenvalue weighted by atomic mass is 9.85. The molecule has 3 heteroatoms. The molecule has 18 heavy (non-hydrogen) atoms. The monoisotopic (exact) mass is 262 g/mol. The number of fused-ring (bicyclic) bond motifs is 1. The number of nitrogens with zero attached hydrogens (tertiary/aromatic N) is 2. The molecule has 2 aromatic rings. The molecule has 1 aliphatic carbocycles. The highest BCUT2D eigenvalue weighted by Gasteiger charge is 2.22. The lowest BCUT2D eigenvalue weighted by Gasteiger charge is -2.27. The van der Waals surface area contributed by atoms with Gasteiger partial charge >= 0.3 is 0 Å². The summed E-state index contributed by atoms with van der Waals surface area (Å²) in [5.74, 6) is 1.84. The Kier molecular flexibility index (Phi) is 3.06. The van der Waals surface area contributed by atoms with Crippen molar-refractivity contribution < 1.29 is 0 Å². The minimum absolute atomic E-state index is 0.0307. The molecular weight excluding hydrogens is 244 g/mol. The Balaban J connectivity index is 2.13. The third kappa shape index (κ3) is 1.93. The maximum Gasteiger partial charge on any atom is 0.127 e. The van der Waals surface area contributed by atoms with Crippen molar-refractivity contribution in [3.8, 4) is 0 Å². The van der Waals surface area contributed by atoms with Crippen molar-refractivity contribution in [2.45, 2.75) is 45.0 Å². The Bertz CT molecular complexity index is 567. The van der Waals surface area contributed by atoms with E-state index in [1.807, 2.05) is 6.92 Å². The zero-order valence-electron chi connectivity index (χ0n) is 11.0. The van der Waals surface area contributed by atoms with E-state index in [1.54, 1.807) is 0 Å². The van der Waals surface area contributed by atoms with E-state index in [-0.39, 0.29) is 5.38 Å². The number of hydrogen-bond acceptors (Lipinski definition) is 1. The van der Waals surface area contributed by atoms with Crippen molar-refractivity contribution in [1.82, 2.24) is 9.55 Å². The number of para-hydroxylation sites is 1. The van der Waals surface area contributed by atoms with E-state index in [1.165, 1.54) is 30.3 Å². The van der Waals surface area contributed by atoms with Crippen molar-refractivity contribution in [3.05, 3.63) is 29.6 Å². The highest BCUT2D eigenvalue weighted by molar-refractivity contribution is 6.20. The molecule has 1 heterocycles. The fraction of sp³-hybridized carbons (Fsp3) is 0.533. The molecule has 0 spiro atoms. The van der Waals surface area contributed by atoms with Crippen LogP contribution in [0.5, 0.6) is 0 Å². The molecule has 1 atom stereocenters. The first-order chi connectivity index (χ1) is 8.66. The van der Waals surface area contributed by atoms with Crippen LogP contribution < -0.4 is 0 Å². The maximum atomic E-state index is 6.29. The number of rotatable bonds is 3. The third-order valence-corrected chi connectivity index (χ3v) is 4.21. The van der Waals surface area contributed by atoms with Gasteiger partial charge in [-0.25, -0.2) is 4.98 Å². The van der Waals surface area contributed by atoms with Gasteiger partial charge < -0.3 is 4.57 Å². The Hall–Kier alpha value is -1.02. The van der Waals surface area contributed by atoms with Crippen molar-refractivity contribution in [2.75, 3.05) is 0 Å². The lowest BCUT2D eigenvalue weighted by Crippen LogP contribution is -2.19. The number of aryl methyl sites for hydroxylation is 1. The van der Waals surface area contributed by atoms with Gasteiger partial charge in [0.05, 0.1) is 16.4 Å². The Morgan fingerprint density at radius 3 is 2.83 bits per heavy atom. The average molecular weight is 263 g/mol. The first-order valence-electron chi connectivity index (χ1n) is 6.76. The van der Waals surface area contributed by atoms with Crippen LogP contribution in [0.15, 0.2) is 18.2 Å². The Morgan fingerprint density at radius 2 is 2.22 bits per heavy atom. The second-order valence-electron chi connectivity index (χ2n) is 5.44. The standard InChI is InChI=1S/C15H19ClN2/c1-10-5-3-8-13-14(10)18(9-12-6-4-7-12)15(17-13)11(2)16/h3,5,8,11-12H,4,6-7,9H2,1-2H3. The lowest BCUT2D eigenvalue weighted by molar-refractivity contribution is 0.276. The van der Waals surface area contributed by atoms with Crippen molar-refractivity contribution >= 4 is 22.6 Å². The highest BCUT2D eigenvalue weighted by atomic mass is 35.5. The summed E-state index contributed by atoms with van der Waals surface area (Å²) in [4.78, 5) is 4.72. The summed E-state index contributed by atoms with van der Waals surface area (Å²) in [6.45, 7) is 5.24. The number of imidazole rings is 1. The molecule has 1 aromatic heterocycles. The second kappa shape index (κ2) is 4.58. The van der Waals surface area contributed by atoms with Crippen LogP contribution in [0.4, 0.5) is 0 Å². The molecule has 1 unspecified atom stereocenters. The van der Waals surface area contributed by atoms with Crippen LogP contribution in [0.3, 0.4) is 0 Å². The predicted octanol–water partition coefficient (Wildman–Crippen LogP) is 4.44. The molecule has 1 aromatic carbocycles. The smallest absolute Gasteiger partial charge is 0.127 e. The van der Waals surface area contributed by atoms with E-state index >= 15 is 0 Å². The molecule has 0 aliphatic heterocycles. The van der Waals surface area contributed by atoms with E-state index in [0.717, 1.165) is 23.8 Å². The Morgan fingerprint density at radius 1 is 1.44 bits per heavy atom. The van der Waals surface area contributed by atoms with Gasteiger partial charge in [0.2, 0.25) is 0 Å². The van der Waals surface area contributed by atoms with Gasteiger partial charge in [-0.05, 0) is 44.2 Å². The van der Waals surface area contributed by atoms with Crippen LogP contribution in [0.25, 0.3) is 11.0 Å². The van der Waals surface area contributed by atoms with Gasteiger partial charge in [0.25, 0.3) is 0 Å².